The zero-order chi connectivity index (χ0) is 23.9. The second-order valence-corrected chi connectivity index (χ2v) is 7.46. The van der Waals surface area contributed by atoms with E-state index in [0.717, 1.165) is 11.5 Å². The predicted molar refractivity (Wildman–Crippen MR) is 136 cm³/mol. The Bertz CT molecular complexity index is 1220. The Kier molecular flexibility index (Phi) is 7.08. The van der Waals surface area contributed by atoms with Crippen LogP contribution in [0.4, 0.5) is 0 Å². The van der Waals surface area contributed by atoms with Crippen LogP contribution in [0.1, 0.15) is 36.4 Å². The Morgan fingerprint density at radius 3 is 1.38 bits per heavy atom. The Morgan fingerprint density at radius 2 is 1.03 bits per heavy atom. The minimum atomic E-state index is 0.0304. The van der Waals surface area contributed by atoms with E-state index in [1.54, 1.807) is 60.7 Å². The van der Waals surface area contributed by atoms with E-state index in [2.05, 4.69) is 9.97 Å². The number of aliphatic hydroxyl groups is 2. The maximum Gasteiger partial charge on any atom is 0.125 e. The van der Waals surface area contributed by atoms with Gasteiger partial charge in [0, 0.05) is 23.3 Å². The van der Waals surface area contributed by atoms with Gasteiger partial charge in [-0.15, -0.1) is 0 Å². The third kappa shape index (κ3) is 5.35. The number of aliphatic hydroxyl groups excluding tert-OH is 2. The fourth-order valence-electron chi connectivity index (χ4n) is 3.44. The molecule has 0 bridgehead atoms. The van der Waals surface area contributed by atoms with Crippen molar-refractivity contribution in [2.24, 2.45) is 0 Å². The maximum absolute atomic E-state index is 10.8. The minimum Gasteiger partial charge on any atom is -0.507 e. The van der Waals surface area contributed by atoms with Crippen LogP contribution in [0, 0.1) is 0 Å². The van der Waals surface area contributed by atoms with Crippen LogP contribution >= 0.6 is 0 Å². The minimum absolute atomic E-state index is 0.0304. The molecule has 0 radical (unpaired) electrons. The van der Waals surface area contributed by atoms with Gasteiger partial charge in [-0.3, -0.25) is 0 Å². The van der Waals surface area contributed by atoms with Crippen molar-refractivity contribution in [1.29, 1.82) is 0 Å². The van der Waals surface area contributed by atoms with Gasteiger partial charge in [0.15, 0.2) is 0 Å². The molecule has 0 atom stereocenters. The van der Waals surface area contributed by atoms with Gasteiger partial charge < -0.3 is 19.7 Å². The number of para-hydroxylation sites is 2. The summed E-state index contributed by atoms with van der Waals surface area (Å²) in [5.74, 6) is 1.52. The number of nitrogens with zero attached hydrogens (tertiary/aromatic N) is 2. The number of benzene rings is 3. The highest BCUT2D eigenvalue weighted by Gasteiger charge is 2.10. The monoisotopic (exact) mass is 454 g/mol. The van der Waals surface area contributed by atoms with Crippen molar-refractivity contribution in [3.8, 4) is 11.5 Å². The molecule has 3 aromatic carbocycles. The molecule has 1 heterocycles. The van der Waals surface area contributed by atoms with Crippen molar-refractivity contribution in [2.75, 3.05) is 13.2 Å². The summed E-state index contributed by atoms with van der Waals surface area (Å²) in [5.41, 5.74) is 3.47. The lowest BCUT2D eigenvalue weighted by Gasteiger charge is -2.08. The largest absolute Gasteiger partial charge is 0.507 e. The van der Waals surface area contributed by atoms with Gasteiger partial charge >= 0.3 is 0 Å². The van der Waals surface area contributed by atoms with E-state index in [4.69, 9.17) is 9.47 Å². The van der Waals surface area contributed by atoms with Crippen LogP contribution in [0.3, 0.4) is 0 Å². The molecular formula is C28H26N2O4. The summed E-state index contributed by atoms with van der Waals surface area (Å²) in [6.45, 7) is 4.98. The van der Waals surface area contributed by atoms with Crippen LogP contribution in [0.25, 0.3) is 34.7 Å². The SMILES string of the molecule is CCOc1ccc(C(O)=Cc2nc3ccccc3nc2C=C(O)c2ccc(OCC)cc2)cc1. The second-order valence-electron chi connectivity index (χ2n) is 7.46. The summed E-state index contributed by atoms with van der Waals surface area (Å²) < 4.78 is 10.9. The van der Waals surface area contributed by atoms with Gasteiger partial charge in [-0.1, -0.05) is 12.1 Å². The number of rotatable bonds is 8. The first-order valence-corrected chi connectivity index (χ1v) is 11.1. The van der Waals surface area contributed by atoms with Gasteiger partial charge in [-0.25, -0.2) is 9.97 Å². The van der Waals surface area contributed by atoms with Crippen molar-refractivity contribution in [2.45, 2.75) is 13.8 Å². The average molecular weight is 455 g/mol. The molecule has 0 saturated carbocycles. The second kappa shape index (κ2) is 10.5. The summed E-state index contributed by atoms with van der Waals surface area (Å²) >= 11 is 0. The molecule has 2 N–H and O–H groups in total. The van der Waals surface area contributed by atoms with Crippen molar-refractivity contribution in [3.63, 3.8) is 0 Å². The van der Waals surface area contributed by atoms with E-state index in [1.165, 1.54) is 0 Å². The Hall–Kier alpha value is -4.32. The fraction of sp³-hybridized carbons (Fsp3) is 0.143. The van der Waals surface area contributed by atoms with Gasteiger partial charge in [0.05, 0.1) is 35.6 Å². The Morgan fingerprint density at radius 1 is 0.647 bits per heavy atom. The number of hydrogen-bond acceptors (Lipinski definition) is 6. The lowest BCUT2D eigenvalue weighted by Crippen LogP contribution is -1.97. The third-order valence-electron chi connectivity index (χ3n) is 5.10. The quantitative estimate of drug-likeness (QED) is 0.294. The highest BCUT2D eigenvalue weighted by molar-refractivity contribution is 5.86. The van der Waals surface area contributed by atoms with Gasteiger partial charge in [0.1, 0.15) is 23.0 Å². The van der Waals surface area contributed by atoms with E-state index in [9.17, 15) is 10.2 Å². The van der Waals surface area contributed by atoms with Crippen LogP contribution in [0.15, 0.2) is 72.8 Å². The summed E-state index contributed by atoms with van der Waals surface area (Å²) in [5, 5.41) is 21.6. The van der Waals surface area contributed by atoms with E-state index in [1.807, 2.05) is 38.1 Å². The Labute approximate surface area is 198 Å². The van der Waals surface area contributed by atoms with Crippen molar-refractivity contribution < 1.29 is 19.7 Å². The number of hydrogen-bond donors (Lipinski definition) is 2. The van der Waals surface area contributed by atoms with Crippen molar-refractivity contribution in [1.82, 2.24) is 9.97 Å². The van der Waals surface area contributed by atoms with Gasteiger partial charge in [-0.2, -0.15) is 0 Å². The lowest BCUT2D eigenvalue weighted by molar-refractivity contribution is 0.340. The van der Waals surface area contributed by atoms with Crippen LogP contribution in [0.5, 0.6) is 11.5 Å². The fourth-order valence-corrected chi connectivity index (χ4v) is 3.44. The van der Waals surface area contributed by atoms with E-state index in [-0.39, 0.29) is 11.5 Å². The molecule has 4 rings (SSSR count). The molecule has 0 spiro atoms. The molecule has 0 saturated heterocycles. The van der Waals surface area contributed by atoms with E-state index in [0.29, 0.717) is 46.8 Å². The molecule has 1 aromatic heterocycles. The molecule has 6 nitrogen and oxygen atoms in total. The van der Waals surface area contributed by atoms with Crippen molar-refractivity contribution >= 4 is 34.7 Å². The first-order chi connectivity index (χ1) is 16.6. The van der Waals surface area contributed by atoms with Crippen molar-refractivity contribution in [3.05, 3.63) is 95.3 Å². The maximum atomic E-state index is 10.8. The lowest BCUT2D eigenvalue weighted by atomic mass is 10.1. The van der Waals surface area contributed by atoms with Crippen LogP contribution in [-0.2, 0) is 0 Å². The smallest absolute Gasteiger partial charge is 0.125 e. The molecule has 6 heteroatoms. The molecule has 0 fully saturated rings. The summed E-state index contributed by atoms with van der Waals surface area (Å²) in [6.07, 6.45) is 3.10. The highest BCUT2D eigenvalue weighted by atomic mass is 16.5. The molecular weight excluding hydrogens is 428 g/mol. The topological polar surface area (TPSA) is 84.7 Å². The highest BCUT2D eigenvalue weighted by Crippen LogP contribution is 2.24. The summed E-state index contributed by atoms with van der Waals surface area (Å²) in [4.78, 5) is 9.35. The molecule has 0 amide bonds. The number of ether oxygens (including phenoxy) is 2. The zero-order valence-corrected chi connectivity index (χ0v) is 19.1. The first-order valence-electron chi connectivity index (χ1n) is 11.1. The molecule has 172 valence electrons. The standard InChI is InChI=1S/C28H26N2O4/c1-3-33-21-13-9-19(10-14-21)27(31)17-25-26(30-24-8-6-5-7-23(24)29-25)18-28(32)20-11-15-22(16-12-20)34-4-2/h5-18,31-32H,3-4H2,1-2H3. The van der Waals surface area contributed by atoms with Gasteiger partial charge in [0.25, 0.3) is 0 Å². The zero-order valence-electron chi connectivity index (χ0n) is 19.1. The van der Waals surface area contributed by atoms with E-state index < -0.39 is 0 Å². The molecule has 0 aliphatic heterocycles. The molecule has 4 aromatic rings. The normalized spacial score (nSPS) is 12.1. The average Bonchev–Trinajstić information content (AvgIpc) is 2.85. The van der Waals surface area contributed by atoms with Gasteiger partial charge in [-0.05, 0) is 74.5 Å². The Balaban J connectivity index is 1.73. The first kappa shape index (κ1) is 22.9. The predicted octanol–water partition coefficient (Wildman–Crippen LogP) is 6.54. The van der Waals surface area contributed by atoms with Gasteiger partial charge in [0.2, 0.25) is 0 Å². The molecule has 34 heavy (non-hydrogen) atoms. The molecule has 0 unspecified atom stereocenters. The third-order valence-corrected chi connectivity index (χ3v) is 5.10. The van der Waals surface area contributed by atoms with Crippen LogP contribution in [-0.4, -0.2) is 33.4 Å². The summed E-state index contributed by atoms with van der Waals surface area (Å²) in [7, 11) is 0. The van der Waals surface area contributed by atoms with Crippen LogP contribution < -0.4 is 9.47 Å². The molecule has 0 aliphatic rings. The van der Waals surface area contributed by atoms with Crippen LogP contribution in [0.2, 0.25) is 0 Å². The molecule has 0 aliphatic carbocycles. The number of fused-ring (bicyclic) bond motifs is 1. The number of aromatic nitrogens is 2. The van der Waals surface area contributed by atoms with E-state index >= 15 is 0 Å². The summed E-state index contributed by atoms with van der Waals surface area (Å²) in [6, 6.07) is 21.8.